The van der Waals surface area contributed by atoms with Crippen molar-refractivity contribution in [3.05, 3.63) is 69.8 Å². The minimum atomic E-state index is -0.328. The van der Waals surface area contributed by atoms with Crippen LogP contribution in [0.3, 0.4) is 0 Å². The summed E-state index contributed by atoms with van der Waals surface area (Å²) in [5, 5.41) is 28.2. The van der Waals surface area contributed by atoms with Crippen molar-refractivity contribution in [2.75, 3.05) is 14.2 Å². The van der Waals surface area contributed by atoms with Gasteiger partial charge in [-0.05, 0) is 87.5 Å². The van der Waals surface area contributed by atoms with Gasteiger partial charge in [0.1, 0.15) is 0 Å². The number of methoxy groups -OCH3 is 2. The van der Waals surface area contributed by atoms with E-state index in [1.54, 1.807) is 0 Å². The van der Waals surface area contributed by atoms with Crippen molar-refractivity contribution in [1.29, 1.82) is 0 Å². The molecule has 2 fully saturated rings. The Morgan fingerprint density at radius 1 is 0.762 bits per heavy atom. The van der Waals surface area contributed by atoms with Crippen LogP contribution in [-0.2, 0) is 26.1 Å². The van der Waals surface area contributed by atoms with Crippen molar-refractivity contribution in [3.8, 4) is 0 Å². The molecule has 8 nitrogen and oxygen atoms in total. The standard InChI is InChI=1S/C16H22O4.C10H11BrO2.C6H12O2.CH4/c1-11-5-3-6-12(15(11)16(18)19-2)10-20-14-8-4-7-13(17)9-14;1-7-4-3-5-8(6-11)9(7)10(12)13-2;7-5-2-1-3-6(8)4-5;/h3,5-6,13-14,17H,4,7-10H2,1-2H3;3-5H,6H2,1-2H3;5-8H,1-4H2;1H4. The summed E-state index contributed by atoms with van der Waals surface area (Å²) >= 11 is 3.33. The van der Waals surface area contributed by atoms with Crippen molar-refractivity contribution in [1.82, 2.24) is 0 Å². The summed E-state index contributed by atoms with van der Waals surface area (Å²) in [5.41, 5.74) is 4.91. The lowest BCUT2D eigenvalue weighted by atomic mass is 9.95. The van der Waals surface area contributed by atoms with Crippen LogP contribution in [0.15, 0.2) is 36.4 Å². The summed E-state index contributed by atoms with van der Waals surface area (Å²) in [6.45, 7) is 4.17. The molecule has 2 aromatic rings. The van der Waals surface area contributed by atoms with Gasteiger partial charge in [0.05, 0.1) is 56.4 Å². The normalized spacial score (nSPS) is 21.3. The van der Waals surface area contributed by atoms with Crippen LogP contribution in [-0.4, -0.2) is 65.9 Å². The van der Waals surface area contributed by atoms with Crippen LogP contribution in [0, 0.1) is 13.8 Å². The van der Waals surface area contributed by atoms with Gasteiger partial charge < -0.3 is 29.5 Å². The number of carbonyl (C=O) groups excluding carboxylic acids is 2. The Kier molecular flexibility index (Phi) is 17.8. The number of ether oxygens (including phenoxy) is 3. The molecule has 0 amide bonds. The summed E-state index contributed by atoms with van der Waals surface area (Å²) in [7, 11) is 2.78. The zero-order chi connectivity index (χ0) is 30.4. The van der Waals surface area contributed by atoms with Gasteiger partial charge in [-0.2, -0.15) is 0 Å². The number of rotatable bonds is 6. The third kappa shape index (κ3) is 12.1. The second-order valence-electron chi connectivity index (χ2n) is 10.6. The minimum Gasteiger partial charge on any atom is -0.465 e. The first kappa shape index (κ1) is 37.7. The second-order valence-corrected chi connectivity index (χ2v) is 11.1. The van der Waals surface area contributed by atoms with Crippen LogP contribution in [0.2, 0.25) is 0 Å². The molecular weight excluding hydrogens is 604 g/mol. The Labute approximate surface area is 259 Å². The zero-order valence-electron chi connectivity index (χ0n) is 24.6. The Balaban J connectivity index is 0.000000344. The van der Waals surface area contributed by atoms with Gasteiger partial charge in [0.2, 0.25) is 0 Å². The number of esters is 2. The Morgan fingerprint density at radius 2 is 1.21 bits per heavy atom. The van der Waals surface area contributed by atoms with E-state index >= 15 is 0 Å². The van der Waals surface area contributed by atoms with Gasteiger partial charge in [0, 0.05) is 5.33 Å². The summed E-state index contributed by atoms with van der Waals surface area (Å²) in [6.07, 6.45) is 6.14. The molecule has 0 saturated heterocycles. The number of benzene rings is 2. The average Bonchev–Trinajstić information content (AvgIpc) is 2.95. The monoisotopic (exact) mass is 652 g/mol. The number of carbonyl (C=O) groups is 2. The van der Waals surface area contributed by atoms with Crippen molar-refractivity contribution in [2.24, 2.45) is 0 Å². The first-order chi connectivity index (χ1) is 19.6. The Morgan fingerprint density at radius 3 is 1.64 bits per heavy atom. The van der Waals surface area contributed by atoms with E-state index < -0.39 is 0 Å². The molecule has 0 radical (unpaired) electrons. The van der Waals surface area contributed by atoms with E-state index in [1.165, 1.54) is 14.2 Å². The number of aliphatic hydroxyl groups is 3. The highest BCUT2D eigenvalue weighted by atomic mass is 79.9. The molecule has 236 valence electrons. The van der Waals surface area contributed by atoms with Crippen molar-refractivity contribution >= 4 is 27.9 Å². The minimum absolute atomic E-state index is 0. The maximum Gasteiger partial charge on any atom is 0.338 e. The van der Waals surface area contributed by atoms with Crippen LogP contribution in [0.1, 0.15) is 102 Å². The summed E-state index contributed by atoms with van der Waals surface area (Å²) < 4.78 is 15.4. The van der Waals surface area contributed by atoms with Gasteiger partial charge in [0.25, 0.3) is 0 Å². The lowest BCUT2D eigenvalue weighted by Crippen LogP contribution is -2.26. The van der Waals surface area contributed by atoms with Crippen LogP contribution in [0.4, 0.5) is 0 Å². The number of hydrogen-bond donors (Lipinski definition) is 3. The zero-order valence-corrected chi connectivity index (χ0v) is 26.2. The molecule has 42 heavy (non-hydrogen) atoms. The fraction of sp³-hybridized carbons (Fsp3) is 0.576. The van der Waals surface area contributed by atoms with Crippen LogP contribution >= 0.6 is 15.9 Å². The summed E-state index contributed by atoms with van der Waals surface area (Å²) in [5.74, 6) is -0.599. The topological polar surface area (TPSA) is 123 Å². The fourth-order valence-electron chi connectivity index (χ4n) is 5.10. The lowest BCUT2D eigenvalue weighted by Gasteiger charge is -2.26. The highest BCUT2D eigenvalue weighted by Gasteiger charge is 2.22. The molecule has 0 aliphatic heterocycles. The van der Waals surface area contributed by atoms with Crippen molar-refractivity contribution < 1.29 is 39.1 Å². The Hall–Kier alpha value is -2.30. The quantitative estimate of drug-likeness (QED) is 0.249. The molecule has 0 spiro atoms. The van der Waals surface area contributed by atoms with E-state index in [4.69, 9.17) is 24.4 Å². The maximum absolute atomic E-state index is 11.8. The first-order valence-corrected chi connectivity index (χ1v) is 15.3. The van der Waals surface area contributed by atoms with E-state index in [0.717, 1.165) is 60.8 Å². The fourth-order valence-corrected chi connectivity index (χ4v) is 5.56. The molecule has 3 N–H and O–H groups in total. The van der Waals surface area contributed by atoms with Gasteiger partial charge in [0.15, 0.2) is 0 Å². The van der Waals surface area contributed by atoms with Gasteiger partial charge in [-0.1, -0.05) is 59.8 Å². The second kappa shape index (κ2) is 19.8. The molecule has 9 heteroatoms. The number of hydrogen-bond acceptors (Lipinski definition) is 8. The number of aliphatic hydroxyl groups excluding tert-OH is 3. The molecule has 2 aromatic carbocycles. The number of aryl methyl sites for hydroxylation is 2. The smallest absolute Gasteiger partial charge is 0.338 e. The maximum atomic E-state index is 11.8. The van der Waals surface area contributed by atoms with E-state index in [0.29, 0.717) is 35.9 Å². The lowest BCUT2D eigenvalue weighted by molar-refractivity contribution is -0.0232. The van der Waals surface area contributed by atoms with E-state index in [9.17, 15) is 14.7 Å². The molecular formula is C33H49BrO8. The van der Waals surface area contributed by atoms with Gasteiger partial charge in [-0.3, -0.25) is 0 Å². The average molecular weight is 654 g/mol. The molecule has 4 atom stereocenters. The SMILES string of the molecule is C.COC(=O)c1c(C)cccc1CBr.COC(=O)c1c(C)cccc1COC1CCCC(O)C1.OC1CCCC(O)C1. The third-order valence-electron chi connectivity index (χ3n) is 7.33. The molecule has 4 unspecified atom stereocenters. The molecule has 0 heterocycles. The molecule has 2 saturated carbocycles. The van der Waals surface area contributed by atoms with Crippen LogP contribution < -0.4 is 0 Å². The number of halogens is 1. The van der Waals surface area contributed by atoms with Crippen molar-refractivity contribution in [3.63, 3.8) is 0 Å². The van der Waals surface area contributed by atoms with Gasteiger partial charge >= 0.3 is 11.9 Å². The third-order valence-corrected chi connectivity index (χ3v) is 7.94. The molecule has 2 aliphatic rings. The molecule has 2 aliphatic carbocycles. The van der Waals surface area contributed by atoms with E-state index in [1.807, 2.05) is 50.2 Å². The van der Waals surface area contributed by atoms with Gasteiger partial charge in [-0.25, -0.2) is 9.59 Å². The van der Waals surface area contributed by atoms with Gasteiger partial charge in [-0.15, -0.1) is 0 Å². The number of alkyl halides is 1. The molecule has 0 aromatic heterocycles. The predicted molar refractivity (Wildman–Crippen MR) is 168 cm³/mol. The van der Waals surface area contributed by atoms with Crippen LogP contribution in [0.5, 0.6) is 0 Å². The highest BCUT2D eigenvalue weighted by molar-refractivity contribution is 9.08. The molecule has 0 bridgehead atoms. The van der Waals surface area contributed by atoms with E-state index in [-0.39, 0.29) is 43.8 Å². The highest BCUT2D eigenvalue weighted by Crippen LogP contribution is 2.24. The molecule has 4 rings (SSSR count). The summed E-state index contributed by atoms with van der Waals surface area (Å²) in [6, 6.07) is 11.4. The predicted octanol–water partition coefficient (Wildman–Crippen LogP) is 6.20. The van der Waals surface area contributed by atoms with Crippen molar-refractivity contribution in [2.45, 2.75) is 109 Å². The largest absolute Gasteiger partial charge is 0.465 e. The van der Waals surface area contributed by atoms with Crippen LogP contribution in [0.25, 0.3) is 0 Å². The first-order valence-electron chi connectivity index (χ1n) is 14.2. The van der Waals surface area contributed by atoms with E-state index in [2.05, 4.69) is 15.9 Å². The summed E-state index contributed by atoms with van der Waals surface area (Å²) in [4.78, 5) is 23.2. The Bertz CT molecular complexity index is 1100.